The molecule has 1 aromatic rings. The van der Waals surface area contributed by atoms with Crippen molar-refractivity contribution in [3.05, 3.63) is 34.9 Å². The fourth-order valence-corrected chi connectivity index (χ4v) is 3.82. The summed E-state index contributed by atoms with van der Waals surface area (Å²) >= 11 is 5.92. The van der Waals surface area contributed by atoms with Gasteiger partial charge in [-0.1, -0.05) is 11.6 Å². The molecule has 0 aliphatic carbocycles. The molecule has 2 aliphatic heterocycles. The van der Waals surface area contributed by atoms with Gasteiger partial charge in [0.2, 0.25) is 5.91 Å². The lowest BCUT2D eigenvalue weighted by Crippen LogP contribution is -2.48. The van der Waals surface area contributed by atoms with Crippen molar-refractivity contribution in [2.45, 2.75) is 26.3 Å². The Morgan fingerprint density at radius 1 is 1.15 bits per heavy atom. The first kappa shape index (κ1) is 19.5. The molecule has 0 aromatic heterocycles. The number of halogens is 1. The molecule has 0 radical (unpaired) electrons. The Hall–Kier alpha value is -2.28. The van der Waals surface area contributed by atoms with Gasteiger partial charge in [0.15, 0.2) is 0 Å². The average Bonchev–Trinajstić information content (AvgIpc) is 2.85. The third-order valence-corrected chi connectivity index (χ3v) is 5.22. The van der Waals surface area contributed by atoms with Gasteiger partial charge in [0, 0.05) is 61.2 Å². The highest BCUT2D eigenvalue weighted by Gasteiger charge is 2.45. The van der Waals surface area contributed by atoms with Crippen LogP contribution in [0.15, 0.2) is 24.3 Å². The maximum atomic E-state index is 13.0. The molecule has 0 saturated carbocycles. The Kier molecular flexibility index (Phi) is 5.60. The summed E-state index contributed by atoms with van der Waals surface area (Å²) in [6.45, 7) is 5.98. The molecule has 1 aromatic carbocycles. The van der Waals surface area contributed by atoms with Crippen molar-refractivity contribution in [2.24, 2.45) is 5.41 Å². The number of carbonyl (C=O) groups excluding carboxylic acids is 3. The van der Waals surface area contributed by atoms with E-state index in [0.717, 1.165) is 0 Å². The smallest absolute Gasteiger partial charge is 0.317 e. The molecule has 146 valence electrons. The number of hydrogen-bond acceptors (Lipinski definition) is 3. The van der Waals surface area contributed by atoms with Crippen LogP contribution in [0.25, 0.3) is 0 Å². The van der Waals surface area contributed by atoms with Crippen LogP contribution in [0.3, 0.4) is 0 Å². The minimum Gasteiger partial charge on any atom is -0.355 e. The Bertz CT molecular complexity index is 737. The van der Waals surface area contributed by atoms with Crippen LogP contribution in [0.1, 0.15) is 30.6 Å². The molecule has 0 bridgehead atoms. The minimum atomic E-state index is -0.468. The SMILES string of the molecule is CC(C)NC(=O)N1CCN(C(=O)c2ccc(Cl)cc2)C[C@@]2(CNC(=O)C2)C1. The largest absolute Gasteiger partial charge is 0.355 e. The van der Waals surface area contributed by atoms with E-state index in [1.807, 2.05) is 13.8 Å². The van der Waals surface area contributed by atoms with E-state index in [1.165, 1.54) is 0 Å². The molecule has 1 spiro atoms. The third kappa shape index (κ3) is 4.53. The highest BCUT2D eigenvalue weighted by molar-refractivity contribution is 6.30. The first-order valence-electron chi connectivity index (χ1n) is 9.15. The third-order valence-electron chi connectivity index (χ3n) is 4.97. The van der Waals surface area contributed by atoms with Crippen LogP contribution < -0.4 is 10.6 Å². The van der Waals surface area contributed by atoms with Gasteiger partial charge in [0.1, 0.15) is 0 Å². The van der Waals surface area contributed by atoms with Gasteiger partial charge >= 0.3 is 6.03 Å². The number of rotatable bonds is 2. The van der Waals surface area contributed by atoms with Crippen LogP contribution in [-0.2, 0) is 4.79 Å². The highest BCUT2D eigenvalue weighted by Crippen LogP contribution is 2.31. The lowest BCUT2D eigenvalue weighted by atomic mass is 9.86. The van der Waals surface area contributed by atoms with E-state index in [0.29, 0.717) is 49.7 Å². The van der Waals surface area contributed by atoms with Crippen molar-refractivity contribution in [3.63, 3.8) is 0 Å². The second-order valence-corrected chi connectivity index (χ2v) is 8.15. The van der Waals surface area contributed by atoms with E-state index in [9.17, 15) is 14.4 Å². The number of amides is 4. The Morgan fingerprint density at radius 3 is 2.37 bits per heavy atom. The predicted octanol–water partition coefficient (Wildman–Crippen LogP) is 1.72. The fourth-order valence-electron chi connectivity index (χ4n) is 3.69. The van der Waals surface area contributed by atoms with Crippen molar-refractivity contribution < 1.29 is 14.4 Å². The first-order valence-corrected chi connectivity index (χ1v) is 9.53. The monoisotopic (exact) mass is 392 g/mol. The molecule has 2 N–H and O–H groups in total. The summed E-state index contributed by atoms with van der Waals surface area (Å²) in [5, 5.41) is 6.34. The second kappa shape index (κ2) is 7.76. The van der Waals surface area contributed by atoms with Crippen LogP contribution in [0.2, 0.25) is 5.02 Å². The van der Waals surface area contributed by atoms with Crippen LogP contribution in [0.4, 0.5) is 4.79 Å². The Morgan fingerprint density at radius 2 is 1.78 bits per heavy atom. The molecule has 2 fully saturated rings. The second-order valence-electron chi connectivity index (χ2n) is 7.71. The topological polar surface area (TPSA) is 81.8 Å². The summed E-state index contributed by atoms with van der Waals surface area (Å²) in [7, 11) is 0. The van der Waals surface area contributed by atoms with E-state index in [4.69, 9.17) is 11.6 Å². The van der Waals surface area contributed by atoms with Gasteiger partial charge in [0.05, 0.1) is 0 Å². The van der Waals surface area contributed by atoms with E-state index in [2.05, 4.69) is 10.6 Å². The van der Waals surface area contributed by atoms with Gasteiger partial charge in [-0.2, -0.15) is 0 Å². The summed E-state index contributed by atoms with van der Waals surface area (Å²) < 4.78 is 0. The zero-order valence-electron chi connectivity index (χ0n) is 15.6. The van der Waals surface area contributed by atoms with E-state index in [-0.39, 0.29) is 23.9 Å². The van der Waals surface area contributed by atoms with Crippen molar-refractivity contribution in [2.75, 3.05) is 32.7 Å². The summed E-state index contributed by atoms with van der Waals surface area (Å²) in [5.74, 6) is -0.156. The predicted molar refractivity (Wildman–Crippen MR) is 103 cm³/mol. The summed E-state index contributed by atoms with van der Waals surface area (Å²) in [5.41, 5.74) is 0.0798. The maximum Gasteiger partial charge on any atom is 0.317 e. The highest BCUT2D eigenvalue weighted by atomic mass is 35.5. The van der Waals surface area contributed by atoms with Gasteiger partial charge in [-0.15, -0.1) is 0 Å². The van der Waals surface area contributed by atoms with Gasteiger partial charge in [-0.25, -0.2) is 4.79 Å². The van der Waals surface area contributed by atoms with Crippen LogP contribution in [0, 0.1) is 5.41 Å². The van der Waals surface area contributed by atoms with Gasteiger partial charge in [-0.3, -0.25) is 9.59 Å². The molecule has 7 nitrogen and oxygen atoms in total. The number of urea groups is 1. The Balaban J connectivity index is 1.82. The van der Waals surface area contributed by atoms with Crippen molar-refractivity contribution in [1.82, 2.24) is 20.4 Å². The van der Waals surface area contributed by atoms with Gasteiger partial charge in [-0.05, 0) is 38.1 Å². The van der Waals surface area contributed by atoms with Gasteiger partial charge < -0.3 is 20.4 Å². The minimum absolute atomic E-state index is 0.0202. The van der Waals surface area contributed by atoms with E-state index >= 15 is 0 Å². The quantitative estimate of drug-likeness (QED) is 0.804. The number of nitrogens with zero attached hydrogens (tertiary/aromatic N) is 2. The van der Waals surface area contributed by atoms with E-state index in [1.54, 1.807) is 34.1 Å². The fraction of sp³-hybridized carbons (Fsp3) is 0.526. The summed E-state index contributed by atoms with van der Waals surface area (Å²) in [6.07, 6.45) is 0.308. The number of hydrogen-bond donors (Lipinski definition) is 2. The van der Waals surface area contributed by atoms with Crippen LogP contribution in [-0.4, -0.2) is 66.4 Å². The summed E-state index contributed by atoms with van der Waals surface area (Å²) in [4.78, 5) is 40.9. The normalized spacial score (nSPS) is 22.7. The molecule has 8 heteroatoms. The van der Waals surface area contributed by atoms with Crippen LogP contribution >= 0.6 is 11.6 Å². The van der Waals surface area contributed by atoms with Gasteiger partial charge in [0.25, 0.3) is 5.91 Å². The lowest BCUT2D eigenvalue weighted by Gasteiger charge is -2.33. The number of nitrogens with one attached hydrogen (secondary N) is 2. The van der Waals surface area contributed by atoms with Crippen molar-refractivity contribution >= 4 is 29.4 Å². The van der Waals surface area contributed by atoms with Crippen LogP contribution in [0.5, 0.6) is 0 Å². The average molecular weight is 393 g/mol. The first-order chi connectivity index (χ1) is 12.8. The molecule has 2 aliphatic rings. The maximum absolute atomic E-state index is 13.0. The molecular formula is C19H25ClN4O3. The standard InChI is InChI=1S/C19H25ClN4O3/c1-13(2)22-18(27)24-8-7-23(11-19(12-24)9-16(25)21-10-19)17(26)14-3-5-15(20)6-4-14/h3-6,13H,7-12H2,1-2H3,(H,21,25)(H,22,27)/t19-/m1/s1. The molecular weight excluding hydrogens is 368 g/mol. The Labute approximate surface area is 164 Å². The van der Waals surface area contributed by atoms with E-state index < -0.39 is 5.41 Å². The number of benzene rings is 1. The lowest BCUT2D eigenvalue weighted by molar-refractivity contribution is -0.119. The molecule has 3 rings (SSSR count). The molecule has 1 atom stereocenters. The molecule has 2 saturated heterocycles. The zero-order valence-corrected chi connectivity index (χ0v) is 16.4. The molecule has 4 amide bonds. The zero-order chi connectivity index (χ0) is 19.6. The molecule has 2 heterocycles. The van der Waals surface area contributed by atoms with Crippen molar-refractivity contribution in [1.29, 1.82) is 0 Å². The summed E-state index contributed by atoms with van der Waals surface area (Å²) in [6, 6.07) is 6.63. The number of carbonyl (C=O) groups is 3. The molecule has 27 heavy (non-hydrogen) atoms. The van der Waals surface area contributed by atoms with Crippen molar-refractivity contribution in [3.8, 4) is 0 Å². The molecule has 0 unspecified atom stereocenters.